The van der Waals surface area contributed by atoms with Crippen molar-refractivity contribution in [3.05, 3.63) is 28.3 Å². The molecule has 0 radical (unpaired) electrons. The molecule has 0 amide bonds. The van der Waals surface area contributed by atoms with Crippen molar-refractivity contribution in [3.63, 3.8) is 0 Å². The molecule has 1 N–H and O–H groups in total. The number of nitro groups is 1. The van der Waals surface area contributed by atoms with E-state index >= 15 is 0 Å². The average Bonchev–Trinajstić information content (AvgIpc) is 2.69. The molecule has 0 aliphatic heterocycles. The number of benzene rings is 1. The van der Waals surface area contributed by atoms with Gasteiger partial charge in [-0.05, 0) is 36.8 Å². The van der Waals surface area contributed by atoms with Gasteiger partial charge in [-0.1, -0.05) is 13.8 Å². The minimum Gasteiger partial charge on any atom is -0.376 e. The molecule has 116 valence electrons. The van der Waals surface area contributed by atoms with Crippen molar-refractivity contribution in [2.24, 2.45) is 11.8 Å². The Kier molecular flexibility index (Phi) is 4.22. The number of hydrogen-bond donors (Lipinski definition) is 1. The fraction of sp³-hybridized carbons (Fsp3) is 0.571. The third-order valence-electron chi connectivity index (χ3n) is 4.40. The molecular formula is C14H20N2O4S. The predicted molar refractivity (Wildman–Crippen MR) is 81.2 cm³/mol. The van der Waals surface area contributed by atoms with E-state index in [1.165, 1.54) is 12.1 Å². The van der Waals surface area contributed by atoms with E-state index in [0.29, 0.717) is 17.5 Å². The van der Waals surface area contributed by atoms with E-state index in [0.717, 1.165) is 25.2 Å². The lowest BCUT2D eigenvalue weighted by Gasteiger charge is -2.20. The topological polar surface area (TPSA) is 89.3 Å². The predicted octanol–water partition coefficient (Wildman–Crippen LogP) is 2.84. The summed E-state index contributed by atoms with van der Waals surface area (Å²) < 4.78 is 23.0. The molecule has 21 heavy (non-hydrogen) atoms. The highest BCUT2D eigenvalue weighted by molar-refractivity contribution is 7.90. The average molecular weight is 312 g/mol. The Morgan fingerprint density at radius 2 is 1.95 bits per heavy atom. The number of sulfone groups is 1. The van der Waals surface area contributed by atoms with Gasteiger partial charge in [0.1, 0.15) is 5.69 Å². The number of nitrogens with zero attached hydrogens (tertiary/aromatic N) is 1. The standard InChI is InChI=1S/C14H20N2O4S/c1-9-4-6-12(10(9)2)15-13-7-5-11(21(3,19)20)8-14(13)16(17)18/h5,7-10,12,15H,4,6H2,1-3H3. The van der Waals surface area contributed by atoms with Crippen molar-refractivity contribution in [2.45, 2.75) is 37.6 Å². The second-order valence-electron chi connectivity index (χ2n) is 5.87. The molecule has 7 heteroatoms. The first-order chi connectivity index (χ1) is 9.70. The maximum Gasteiger partial charge on any atom is 0.293 e. The van der Waals surface area contributed by atoms with Gasteiger partial charge in [-0.15, -0.1) is 0 Å². The summed E-state index contributed by atoms with van der Waals surface area (Å²) in [5.74, 6) is 1.01. The van der Waals surface area contributed by atoms with Crippen molar-refractivity contribution in [1.82, 2.24) is 0 Å². The Morgan fingerprint density at radius 3 is 2.43 bits per heavy atom. The normalized spacial score (nSPS) is 25.8. The van der Waals surface area contributed by atoms with E-state index in [1.54, 1.807) is 0 Å². The van der Waals surface area contributed by atoms with Crippen LogP contribution in [0, 0.1) is 22.0 Å². The van der Waals surface area contributed by atoms with Crippen LogP contribution < -0.4 is 5.32 Å². The van der Waals surface area contributed by atoms with Crippen molar-refractivity contribution in [1.29, 1.82) is 0 Å². The van der Waals surface area contributed by atoms with Crippen LogP contribution in [0.1, 0.15) is 26.7 Å². The lowest BCUT2D eigenvalue weighted by Crippen LogP contribution is -2.24. The fourth-order valence-corrected chi connectivity index (χ4v) is 3.42. The van der Waals surface area contributed by atoms with E-state index in [1.807, 2.05) is 0 Å². The van der Waals surface area contributed by atoms with Gasteiger partial charge in [0.15, 0.2) is 9.84 Å². The van der Waals surface area contributed by atoms with Crippen LogP contribution in [0.15, 0.2) is 23.1 Å². The molecule has 1 fully saturated rings. The van der Waals surface area contributed by atoms with E-state index in [4.69, 9.17) is 0 Å². The summed E-state index contributed by atoms with van der Waals surface area (Å²) in [5.41, 5.74) is 0.197. The number of nitro benzene ring substituents is 1. The smallest absolute Gasteiger partial charge is 0.293 e. The second-order valence-corrected chi connectivity index (χ2v) is 7.89. The summed E-state index contributed by atoms with van der Waals surface area (Å²) >= 11 is 0. The Labute approximate surface area is 124 Å². The number of nitrogens with one attached hydrogen (secondary N) is 1. The third kappa shape index (κ3) is 3.34. The van der Waals surface area contributed by atoms with Crippen molar-refractivity contribution < 1.29 is 13.3 Å². The second kappa shape index (κ2) is 5.63. The lowest BCUT2D eigenvalue weighted by molar-refractivity contribution is -0.384. The molecule has 0 bridgehead atoms. The molecule has 1 aromatic carbocycles. The quantitative estimate of drug-likeness (QED) is 0.682. The number of rotatable bonds is 4. The molecular weight excluding hydrogens is 292 g/mol. The van der Waals surface area contributed by atoms with Crippen LogP contribution >= 0.6 is 0 Å². The van der Waals surface area contributed by atoms with E-state index in [-0.39, 0.29) is 16.6 Å². The lowest BCUT2D eigenvalue weighted by atomic mass is 9.97. The van der Waals surface area contributed by atoms with Crippen LogP contribution in [0.3, 0.4) is 0 Å². The van der Waals surface area contributed by atoms with Crippen molar-refractivity contribution >= 4 is 21.2 Å². The van der Waals surface area contributed by atoms with Gasteiger partial charge in [0.25, 0.3) is 5.69 Å². The highest BCUT2D eigenvalue weighted by Crippen LogP contribution is 2.36. The minimum atomic E-state index is -3.45. The molecule has 2 rings (SSSR count). The molecule has 1 aliphatic rings. The van der Waals surface area contributed by atoms with Crippen LogP contribution in [0.2, 0.25) is 0 Å². The summed E-state index contributed by atoms with van der Waals surface area (Å²) in [6.45, 7) is 4.31. The van der Waals surface area contributed by atoms with Crippen LogP contribution in [-0.2, 0) is 9.84 Å². The van der Waals surface area contributed by atoms with Gasteiger partial charge < -0.3 is 5.32 Å². The summed E-state index contributed by atoms with van der Waals surface area (Å²) in [6, 6.07) is 4.21. The molecule has 0 saturated heterocycles. The zero-order chi connectivity index (χ0) is 15.8. The van der Waals surface area contributed by atoms with Gasteiger partial charge in [0.05, 0.1) is 9.82 Å². The van der Waals surface area contributed by atoms with Crippen molar-refractivity contribution in [2.75, 3.05) is 11.6 Å². The Morgan fingerprint density at radius 1 is 1.29 bits per heavy atom. The van der Waals surface area contributed by atoms with Gasteiger partial charge in [-0.2, -0.15) is 0 Å². The van der Waals surface area contributed by atoms with E-state index in [9.17, 15) is 18.5 Å². The first-order valence-electron chi connectivity index (χ1n) is 6.95. The molecule has 0 spiro atoms. The number of anilines is 1. The molecule has 1 aliphatic carbocycles. The van der Waals surface area contributed by atoms with Crippen LogP contribution in [0.5, 0.6) is 0 Å². The summed E-state index contributed by atoms with van der Waals surface area (Å²) in [5, 5.41) is 14.4. The molecule has 3 atom stereocenters. The monoisotopic (exact) mass is 312 g/mol. The maximum absolute atomic E-state index is 11.5. The largest absolute Gasteiger partial charge is 0.376 e. The van der Waals surface area contributed by atoms with Crippen LogP contribution in [0.25, 0.3) is 0 Å². The minimum absolute atomic E-state index is 0.0346. The molecule has 3 unspecified atom stereocenters. The maximum atomic E-state index is 11.5. The summed E-state index contributed by atoms with van der Waals surface area (Å²) in [6.07, 6.45) is 3.10. The van der Waals surface area contributed by atoms with E-state index in [2.05, 4.69) is 19.2 Å². The number of hydrogen-bond acceptors (Lipinski definition) is 5. The molecule has 0 aromatic heterocycles. The Balaban J connectivity index is 2.34. The van der Waals surface area contributed by atoms with Gasteiger partial charge >= 0.3 is 0 Å². The Bertz CT molecular complexity index is 657. The van der Waals surface area contributed by atoms with Gasteiger partial charge in [-0.25, -0.2) is 8.42 Å². The zero-order valence-corrected chi connectivity index (χ0v) is 13.2. The summed E-state index contributed by atoms with van der Waals surface area (Å²) in [7, 11) is -3.45. The SMILES string of the molecule is CC1CCC(Nc2ccc(S(C)(=O)=O)cc2[N+](=O)[O-])C1C. The Hall–Kier alpha value is -1.63. The van der Waals surface area contributed by atoms with E-state index < -0.39 is 14.8 Å². The highest BCUT2D eigenvalue weighted by Gasteiger charge is 2.31. The molecule has 6 nitrogen and oxygen atoms in total. The highest BCUT2D eigenvalue weighted by atomic mass is 32.2. The van der Waals surface area contributed by atoms with Crippen LogP contribution in [-0.4, -0.2) is 25.6 Å². The first kappa shape index (κ1) is 15.8. The van der Waals surface area contributed by atoms with Gasteiger partial charge in [0.2, 0.25) is 0 Å². The van der Waals surface area contributed by atoms with Gasteiger partial charge in [0, 0.05) is 18.4 Å². The molecule has 1 aromatic rings. The first-order valence-corrected chi connectivity index (χ1v) is 8.84. The zero-order valence-electron chi connectivity index (χ0n) is 12.4. The van der Waals surface area contributed by atoms with Crippen molar-refractivity contribution in [3.8, 4) is 0 Å². The van der Waals surface area contributed by atoms with Gasteiger partial charge in [-0.3, -0.25) is 10.1 Å². The third-order valence-corrected chi connectivity index (χ3v) is 5.51. The molecule has 0 heterocycles. The summed E-state index contributed by atoms with van der Waals surface area (Å²) in [4.78, 5) is 10.6. The fourth-order valence-electron chi connectivity index (χ4n) is 2.78. The van der Waals surface area contributed by atoms with Crippen LogP contribution in [0.4, 0.5) is 11.4 Å². The molecule has 1 saturated carbocycles.